The Hall–Kier alpha value is -2.25. The highest BCUT2D eigenvalue weighted by Gasteiger charge is 2.35. The highest BCUT2D eigenvalue weighted by Crippen LogP contribution is 2.38. The Labute approximate surface area is 118 Å². The number of fused-ring (bicyclic) bond motifs is 1. The van der Waals surface area contributed by atoms with Crippen LogP contribution < -0.4 is 16.0 Å². The van der Waals surface area contributed by atoms with Gasteiger partial charge in [-0.25, -0.2) is 4.79 Å². The number of anilines is 1. The van der Waals surface area contributed by atoms with Gasteiger partial charge in [0.1, 0.15) is 0 Å². The number of imide groups is 1. The maximum absolute atomic E-state index is 13.0. The summed E-state index contributed by atoms with van der Waals surface area (Å²) in [6.07, 6.45) is -3.62. The maximum atomic E-state index is 13.0. The van der Waals surface area contributed by atoms with E-state index in [0.717, 1.165) is 6.07 Å². The smallest absolute Gasteiger partial charge is 0.362 e. The fourth-order valence-corrected chi connectivity index (χ4v) is 2.48. The molecule has 8 heteroatoms. The molecule has 1 aromatic rings. The van der Waals surface area contributed by atoms with Crippen LogP contribution in [0.1, 0.15) is 17.5 Å². The van der Waals surface area contributed by atoms with E-state index in [1.165, 1.54) is 11.0 Å². The van der Waals surface area contributed by atoms with Crippen molar-refractivity contribution in [3.63, 3.8) is 0 Å². The molecule has 0 saturated carbocycles. The minimum atomic E-state index is -4.43. The molecule has 21 heavy (non-hydrogen) atoms. The van der Waals surface area contributed by atoms with Gasteiger partial charge in [-0.3, -0.25) is 10.1 Å². The second-order valence-corrected chi connectivity index (χ2v) is 4.74. The lowest BCUT2D eigenvalue weighted by molar-refractivity contribution is -0.138. The molecule has 0 unspecified atom stereocenters. The molecule has 0 aliphatic carbocycles. The van der Waals surface area contributed by atoms with Crippen LogP contribution >= 0.6 is 0 Å². The van der Waals surface area contributed by atoms with Crippen LogP contribution in [0.15, 0.2) is 18.2 Å². The standard InChI is InChI=1S/C13H14F3N3O2/c14-13(15,16)9-4-1-5-10-8(9)3-2-6-19(10)7-11(20)18-12(17)21/h1,4-5H,2-3,6-7H2,(H3,17,18,20,21). The number of hydrogen-bond donors (Lipinski definition) is 2. The van der Waals surface area contributed by atoms with Crippen molar-refractivity contribution in [2.45, 2.75) is 19.0 Å². The number of alkyl halides is 3. The van der Waals surface area contributed by atoms with Crippen LogP contribution in [0.3, 0.4) is 0 Å². The van der Waals surface area contributed by atoms with Gasteiger partial charge in [0.2, 0.25) is 5.91 Å². The van der Waals surface area contributed by atoms with Crippen LogP contribution in [0.2, 0.25) is 0 Å². The van der Waals surface area contributed by atoms with E-state index in [9.17, 15) is 22.8 Å². The van der Waals surface area contributed by atoms with Gasteiger partial charge in [-0.1, -0.05) is 6.07 Å². The fraction of sp³-hybridized carbons (Fsp3) is 0.385. The van der Waals surface area contributed by atoms with Crippen molar-refractivity contribution < 1.29 is 22.8 Å². The summed E-state index contributed by atoms with van der Waals surface area (Å²) in [6, 6.07) is 2.90. The Morgan fingerprint density at radius 3 is 2.67 bits per heavy atom. The van der Waals surface area contributed by atoms with Crippen molar-refractivity contribution in [2.24, 2.45) is 5.73 Å². The molecular formula is C13H14F3N3O2. The van der Waals surface area contributed by atoms with Crippen molar-refractivity contribution in [2.75, 3.05) is 18.0 Å². The molecule has 1 aromatic carbocycles. The first-order chi connectivity index (χ1) is 9.79. The molecule has 0 aromatic heterocycles. The first kappa shape index (κ1) is 15.1. The largest absolute Gasteiger partial charge is 0.416 e. The third-order valence-corrected chi connectivity index (χ3v) is 3.25. The predicted octanol–water partition coefficient (Wildman–Crippen LogP) is 1.65. The second kappa shape index (κ2) is 5.63. The quantitative estimate of drug-likeness (QED) is 0.872. The normalized spacial score (nSPS) is 14.5. The maximum Gasteiger partial charge on any atom is 0.416 e. The number of benzene rings is 1. The van der Waals surface area contributed by atoms with Crippen LogP contribution in [0.4, 0.5) is 23.7 Å². The van der Waals surface area contributed by atoms with Crippen molar-refractivity contribution in [1.82, 2.24) is 5.32 Å². The van der Waals surface area contributed by atoms with Crippen LogP contribution in [0.25, 0.3) is 0 Å². The van der Waals surface area contributed by atoms with E-state index in [2.05, 4.69) is 0 Å². The van der Waals surface area contributed by atoms with Gasteiger partial charge >= 0.3 is 12.2 Å². The number of rotatable bonds is 2. The number of amides is 3. The Kier molecular flexibility index (Phi) is 4.06. The van der Waals surface area contributed by atoms with E-state index in [-0.39, 0.29) is 12.1 Å². The lowest BCUT2D eigenvalue weighted by Crippen LogP contribution is -2.44. The third kappa shape index (κ3) is 3.45. The van der Waals surface area contributed by atoms with Gasteiger partial charge in [0.05, 0.1) is 12.1 Å². The molecule has 2 rings (SSSR count). The number of primary amides is 1. The predicted molar refractivity (Wildman–Crippen MR) is 69.7 cm³/mol. The van der Waals surface area contributed by atoms with Gasteiger partial charge < -0.3 is 10.6 Å². The van der Waals surface area contributed by atoms with Crippen molar-refractivity contribution in [3.8, 4) is 0 Å². The van der Waals surface area contributed by atoms with Gasteiger partial charge in [-0.05, 0) is 30.5 Å². The van der Waals surface area contributed by atoms with Gasteiger partial charge in [-0.2, -0.15) is 13.2 Å². The Bertz CT molecular complexity index is 572. The molecule has 5 nitrogen and oxygen atoms in total. The molecule has 0 spiro atoms. The van der Waals surface area contributed by atoms with Crippen LogP contribution in [-0.4, -0.2) is 25.0 Å². The summed E-state index contributed by atoms with van der Waals surface area (Å²) >= 11 is 0. The molecule has 1 aliphatic heterocycles. The number of nitrogens with zero attached hydrogens (tertiary/aromatic N) is 1. The molecule has 0 atom stereocenters. The molecule has 1 aliphatic rings. The summed E-state index contributed by atoms with van der Waals surface area (Å²) in [5, 5.41) is 1.90. The number of nitrogens with one attached hydrogen (secondary N) is 1. The van der Waals surface area contributed by atoms with Crippen LogP contribution in [0, 0.1) is 0 Å². The molecule has 114 valence electrons. The highest BCUT2D eigenvalue weighted by molar-refractivity contribution is 5.95. The number of carbonyl (C=O) groups excluding carboxylic acids is 2. The Morgan fingerprint density at radius 2 is 2.05 bits per heavy atom. The molecule has 3 N–H and O–H groups in total. The zero-order valence-corrected chi connectivity index (χ0v) is 11.0. The highest BCUT2D eigenvalue weighted by atomic mass is 19.4. The topological polar surface area (TPSA) is 75.4 Å². The lowest BCUT2D eigenvalue weighted by atomic mass is 9.96. The summed E-state index contributed by atoms with van der Waals surface area (Å²) < 4.78 is 38.9. The van der Waals surface area contributed by atoms with Crippen molar-refractivity contribution in [3.05, 3.63) is 29.3 Å². The lowest BCUT2D eigenvalue weighted by Gasteiger charge is -2.32. The van der Waals surface area contributed by atoms with E-state index in [4.69, 9.17) is 5.73 Å². The molecule has 0 radical (unpaired) electrons. The van der Waals surface area contributed by atoms with E-state index in [0.29, 0.717) is 25.1 Å². The summed E-state index contributed by atoms with van der Waals surface area (Å²) in [4.78, 5) is 23.7. The number of urea groups is 1. The van der Waals surface area contributed by atoms with Crippen molar-refractivity contribution >= 4 is 17.6 Å². The minimum Gasteiger partial charge on any atom is -0.362 e. The average molecular weight is 301 g/mol. The molecule has 0 bridgehead atoms. The number of hydrogen-bond acceptors (Lipinski definition) is 3. The SMILES string of the molecule is NC(=O)NC(=O)CN1CCCc2c1cccc2C(F)(F)F. The molecule has 3 amide bonds. The Morgan fingerprint density at radius 1 is 1.33 bits per heavy atom. The summed E-state index contributed by atoms with van der Waals surface area (Å²) in [7, 11) is 0. The van der Waals surface area contributed by atoms with Crippen LogP contribution in [-0.2, 0) is 17.4 Å². The monoisotopic (exact) mass is 301 g/mol. The van der Waals surface area contributed by atoms with Gasteiger partial charge in [-0.15, -0.1) is 0 Å². The average Bonchev–Trinajstić information content (AvgIpc) is 2.36. The van der Waals surface area contributed by atoms with Gasteiger partial charge in [0.25, 0.3) is 0 Å². The molecule has 1 heterocycles. The summed E-state index contributed by atoms with van der Waals surface area (Å²) in [5.41, 5.74) is 4.71. The number of carbonyl (C=O) groups is 2. The van der Waals surface area contributed by atoms with E-state index < -0.39 is 23.7 Å². The summed E-state index contributed by atoms with van der Waals surface area (Å²) in [6.45, 7) is 0.234. The molecular weight excluding hydrogens is 287 g/mol. The second-order valence-electron chi connectivity index (χ2n) is 4.74. The zero-order chi connectivity index (χ0) is 15.6. The van der Waals surface area contributed by atoms with E-state index >= 15 is 0 Å². The van der Waals surface area contributed by atoms with Gasteiger partial charge in [0, 0.05) is 12.2 Å². The minimum absolute atomic E-state index is 0.183. The number of nitrogens with two attached hydrogens (primary N) is 1. The third-order valence-electron chi connectivity index (χ3n) is 3.25. The first-order valence-corrected chi connectivity index (χ1v) is 6.32. The zero-order valence-electron chi connectivity index (χ0n) is 11.0. The number of halogens is 3. The van der Waals surface area contributed by atoms with E-state index in [1.807, 2.05) is 5.32 Å². The van der Waals surface area contributed by atoms with Gasteiger partial charge in [0.15, 0.2) is 0 Å². The first-order valence-electron chi connectivity index (χ1n) is 6.32. The fourth-order valence-electron chi connectivity index (χ4n) is 2.48. The van der Waals surface area contributed by atoms with E-state index in [1.54, 1.807) is 6.07 Å². The molecule has 0 saturated heterocycles. The van der Waals surface area contributed by atoms with Crippen molar-refractivity contribution in [1.29, 1.82) is 0 Å². The van der Waals surface area contributed by atoms with Crippen LogP contribution in [0.5, 0.6) is 0 Å². The summed E-state index contributed by atoms with van der Waals surface area (Å²) in [5.74, 6) is -0.646. The molecule has 0 fully saturated rings. The Balaban J connectivity index is 2.28.